The van der Waals surface area contributed by atoms with Gasteiger partial charge in [0.05, 0.1) is 0 Å². The van der Waals surface area contributed by atoms with Crippen LogP contribution in [-0.4, -0.2) is 33.9 Å². The number of rotatable bonds is 3. The number of pyridine rings is 2. The highest BCUT2D eigenvalue weighted by Crippen LogP contribution is 2.38. The van der Waals surface area contributed by atoms with E-state index in [1.807, 2.05) is 12.1 Å². The fourth-order valence-corrected chi connectivity index (χ4v) is 3.88. The average molecular weight is 465 g/mol. The van der Waals surface area contributed by atoms with E-state index in [1.54, 1.807) is 17.3 Å². The van der Waals surface area contributed by atoms with Gasteiger partial charge in [-0.15, -0.1) is 0 Å². The predicted molar refractivity (Wildman–Crippen MR) is 107 cm³/mol. The van der Waals surface area contributed by atoms with Gasteiger partial charge in [0, 0.05) is 42.5 Å². The zero-order chi connectivity index (χ0) is 23.8. The number of hydrogen-bond donors (Lipinski definition) is 0. The Morgan fingerprint density at radius 2 is 1.67 bits per heavy atom. The van der Waals surface area contributed by atoms with Gasteiger partial charge in [-0.05, 0) is 41.8 Å². The van der Waals surface area contributed by atoms with Crippen molar-refractivity contribution in [3.05, 3.63) is 83.4 Å². The summed E-state index contributed by atoms with van der Waals surface area (Å²) in [5, 5.41) is 0. The van der Waals surface area contributed by atoms with E-state index in [0.29, 0.717) is 19.2 Å². The highest BCUT2D eigenvalue weighted by atomic mass is 19.4. The number of carbonyl (C=O) groups excluding carboxylic acids is 1. The Labute approximate surface area is 184 Å². The van der Waals surface area contributed by atoms with Gasteiger partial charge in [-0.1, -0.05) is 24.3 Å². The monoisotopic (exact) mass is 465 g/mol. The molecule has 1 aliphatic rings. The summed E-state index contributed by atoms with van der Waals surface area (Å²) in [5.74, 6) is -0.121. The molecule has 1 fully saturated rings. The lowest BCUT2D eigenvalue weighted by Crippen LogP contribution is -2.28. The summed E-state index contributed by atoms with van der Waals surface area (Å²) >= 11 is 0. The van der Waals surface area contributed by atoms with E-state index in [4.69, 9.17) is 0 Å². The SMILES string of the molecule is O=C(c1ccc(-c2ccc(C(F)(F)F)nc2C(F)(F)F)cc1)N1CCC(c2cccnc2)C1. The van der Waals surface area contributed by atoms with Crippen molar-refractivity contribution in [1.82, 2.24) is 14.9 Å². The number of carbonyl (C=O) groups is 1. The molecule has 1 aliphatic heterocycles. The van der Waals surface area contributed by atoms with Gasteiger partial charge in [0.25, 0.3) is 5.91 Å². The Bertz CT molecular complexity index is 1140. The Balaban J connectivity index is 1.56. The van der Waals surface area contributed by atoms with E-state index in [9.17, 15) is 31.1 Å². The molecule has 1 amide bonds. The van der Waals surface area contributed by atoms with Gasteiger partial charge in [-0.2, -0.15) is 26.3 Å². The normalized spacial score (nSPS) is 16.8. The van der Waals surface area contributed by atoms with Crippen LogP contribution in [0.3, 0.4) is 0 Å². The van der Waals surface area contributed by atoms with Crippen LogP contribution in [0.1, 0.15) is 39.6 Å². The second kappa shape index (κ2) is 8.49. The van der Waals surface area contributed by atoms with Crippen molar-refractivity contribution in [2.24, 2.45) is 0 Å². The molecule has 3 heterocycles. The summed E-state index contributed by atoms with van der Waals surface area (Å²) < 4.78 is 78.7. The zero-order valence-corrected chi connectivity index (χ0v) is 17.0. The Hall–Kier alpha value is -3.43. The van der Waals surface area contributed by atoms with Crippen LogP contribution in [0.15, 0.2) is 60.9 Å². The Morgan fingerprint density at radius 1 is 0.939 bits per heavy atom. The van der Waals surface area contributed by atoms with E-state index < -0.39 is 29.3 Å². The number of aromatic nitrogens is 2. The first-order valence-electron chi connectivity index (χ1n) is 9.99. The molecule has 1 saturated heterocycles. The molecule has 33 heavy (non-hydrogen) atoms. The van der Waals surface area contributed by atoms with E-state index in [2.05, 4.69) is 9.97 Å². The third-order valence-electron chi connectivity index (χ3n) is 5.53. The smallest absolute Gasteiger partial charge is 0.338 e. The molecule has 1 atom stereocenters. The van der Waals surface area contributed by atoms with E-state index in [0.717, 1.165) is 18.1 Å². The summed E-state index contributed by atoms with van der Waals surface area (Å²) in [6.45, 7) is 1.02. The number of hydrogen-bond acceptors (Lipinski definition) is 3. The average Bonchev–Trinajstić information content (AvgIpc) is 3.28. The number of amides is 1. The fourth-order valence-electron chi connectivity index (χ4n) is 3.88. The highest BCUT2D eigenvalue weighted by molar-refractivity contribution is 5.95. The lowest BCUT2D eigenvalue weighted by atomic mass is 10.0. The first-order chi connectivity index (χ1) is 15.5. The molecule has 0 saturated carbocycles. The highest BCUT2D eigenvalue weighted by Gasteiger charge is 2.40. The van der Waals surface area contributed by atoms with Crippen molar-refractivity contribution in [1.29, 1.82) is 0 Å². The van der Waals surface area contributed by atoms with Crippen molar-refractivity contribution in [3.8, 4) is 11.1 Å². The predicted octanol–water partition coefficient (Wildman–Crippen LogP) is 5.81. The summed E-state index contributed by atoms with van der Waals surface area (Å²) in [6, 6.07) is 10.3. The summed E-state index contributed by atoms with van der Waals surface area (Å²) in [6.07, 6.45) is -5.90. The molecule has 3 aromatic rings. The molecule has 0 bridgehead atoms. The van der Waals surface area contributed by atoms with Crippen molar-refractivity contribution in [2.75, 3.05) is 13.1 Å². The first kappa shape index (κ1) is 22.8. The third kappa shape index (κ3) is 4.84. The van der Waals surface area contributed by atoms with Crippen LogP contribution in [-0.2, 0) is 12.4 Å². The van der Waals surface area contributed by atoms with E-state index in [1.165, 1.54) is 24.3 Å². The van der Waals surface area contributed by atoms with E-state index >= 15 is 0 Å². The van der Waals surface area contributed by atoms with Crippen molar-refractivity contribution in [3.63, 3.8) is 0 Å². The fraction of sp³-hybridized carbons (Fsp3) is 0.261. The van der Waals surface area contributed by atoms with E-state index in [-0.39, 0.29) is 23.0 Å². The van der Waals surface area contributed by atoms with Gasteiger partial charge < -0.3 is 4.90 Å². The first-order valence-corrected chi connectivity index (χ1v) is 9.99. The quantitative estimate of drug-likeness (QED) is 0.459. The minimum Gasteiger partial charge on any atom is -0.338 e. The van der Waals surface area contributed by atoms with Gasteiger partial charge in [0.15, 0.2) is 5.69 Å². The lowest BCUT2D eigenvalue weighted by Gasteiger charge is -2.18. The number of halogens is 6. The van der Waals surface area contributed by atoms with Crippen LogP contribution in [0.25, 0.3) is 11.1 Å². The molecule has 4 rings (SSSR count). The third-order valence-corrected chi connectivity index (χ3v) is 5.53. The molecule has 10 heteroatoms. The van der Waals surface area contributed by atoms with Gasteiger partial charge >= 0.3 is 12.4 Å². The molecule has 2 aromatic heterocycles. The minimum absolute atomic E-state index is 0.00904. The largest absolute Gasteiger partial charge is 0.433 e. The zero-order valence-electron chi connectivity index (χ0n) is 17.0. The minimum atomic E-state index is -5.08. The maximum Gasteiger partial charge on any atom is 0.433 e. The molecular weight excluding hydrogens is 448 g/mol. The second-order valence-corrected chi connectivity index (χ2v) is 7.69. The molecular formula is C23H17F6N3O. The molecule has 4 nitrogen and oxygen atoms in total. The lowest BCUT2D eigenvalue weighted by molar-refractivity contribution is -0.149. The van der Waals surface area contributed by atoms with Gasteiger partial charge in [-0.3, -0.25) is 9.78 Å². The molecule has 1 unspecified atom stereocenters. The Kier molecular flexibility index (Phi) is 5.85. The maximum atomic E-state index is 13.4. The number of benzene rings is 1. The molecule has 1 aromatic carbocycles. The maximum absolute atomic E-state index is 13.4. The standard InChI is InChI=1S/C23H17F6N3O/c24-22(25,26)19-8-7-18(20(31-19)23(27,28)29)14-3-5-15(6-4-14)21(33)32-11-9-17(13-32)16-2-1-10-30-12-16/h1-8,10,12,17H,9,11,13H2. The Morgan fingerprint density at radius 3 is 2.27 bits per heavy atom. The molecule has 0 radical (unpaired) electrons. The second-order valence-electron chi connectivity index (χ2n) is 7.69. The van der Waals surface area contributed by atoms with Crippen molar-refractivity contribution in [2.45, 2.75) is 24.7 Å². The number of nitrogens with zero attached hydrogens (tertiary/aromatic N) is 3. The molecule has 172 valence electrons. The van der Waals surface area contributed by atoms with Crippen molar-refractivity contribution < 1.29 is 31.1 Å². The van der Waals surface area contributed by atoms with Crippen LogP contribution < -0.4 is 0 Å². The van der Waals surface area contributed by atoms with Gasteiger partial charge in [0.1, 0.15) is 5.69 Å². The van der Waals surface area contributed by atoms with Crippen molar-refractivity contribution >= 4 is 5.91 Å². The summed E-state index contributed by atoms with van der Waals surface area (Å²) in [4.78, 5) is 21.4. The van der Waals surface area contributed by atoms with Crippen LogP contribution in [0.5, 0.6) is 0 Å². The van der Waals surface area contributed by atoms with Crippen LogP contribution >= 0.6 is 0 Å². The topological polar surface area (TPSA) is 46.1 Å². The summed E-state index contributed by atoms with van der Waals surface area (Å²) in [7, 11) is 0. The summed E-state index contributed by atoms with van der Waals surface area (Å²) in [5.41, 5.74) is -2.43. The number of likely N-dealkylation sites (tertiary alicyclic amines) is 1. The van der Waals surface area contributed by atoms with Crippen LogP contribution in [0.2, 0.25) is 0 Å². The van der Waals surface area contributed by atoms with Crippen LogP contribution in [0, 0.1) is 0 Å². The molecule has 0 spiro atoms. The molecule has 0 aliphatic carbocycles. The van der Waals surface area contributed by atoms with Crippen LogP contribution in [0.4, 0.5) is 26.3 Å². The molecule has 0 N–H and O–H groups in total. The van der Waals surface area contributed by atoms with Gasteiger partial charge in [0.2, 0.25) is 0 Å². The van der Waals surface area contributed by atoms with Gasteiger partial charge in [-0.25, -0.2) is 4.98 Å². The number of alkyl halides is 6.